The van der Waals surface area contributed by atoms with Gasteiger partial charge < -0.3 is 9.30 Å². The number of nitrogens with zero attached hydrogens (tertiary/aromatic N) is 2. The van der Waals surface area contributed by atoms with Gasteiger partial charge >= 0.3 is 0 Å². The van der Waals surface area contributed by atoms with Crippen LogP contribution in [0.1, 0.15) is 27.9 Å². The van der Waals surface area contributed by atoms with Crippen LogP contribution < -0.4 is 15.6 Å². The van der Waals surface area contributed by atoms with E-state index < -0.39 is 0 Å². The van der Waals surface area contributed by atoms with Gasteiger partial charge in [-0.1, -0.05) is 0 Å². The van der Waals surface area contributed by atoms with Crippen molar-refractivity contribution in [2.75, 3.05) is 7.11 Å². The number of ether oxygens (including phenoxy) is 1. The molecule has 7 nitrogen and oxygen atoms in total. The van der Waals surface area contributed by atoms with Crippen LogP contribution in [0, 0.1) is 13.8 Å². The third-order valence-electron chi connectivity index (χ3n) is 4.48. The Morgan fingerprint density at radius 2 is 1.78 bits per heavy atom. The van der Waals surface area contributed by atoms with Crippen molar-refractivity contribution in [3.63, 3.8) is 0 Å². The van der Waals surface area contributed by atoms with Gasteiger partial charge in [0.05, 0.1) is 24.5 Å². The highest BCUT2D eigenvalue weighted by atomic mass is 16.5. The van der Waals surface area contributed by atoms with Gasteiger partial charge in [0, 0.05) is 18.5 Å². The van der Waals surface area contributed by atoms with Gasteiger partial charge in [0.2, 0.25) is 5.91 Å². The molecule has 3 aromatic rings. The van der Waals surface area contributed by atoms with Crippen LogP contribution in [0.2, 0.25) is 0 Å². The number of methoxy groups -OCH3 is 1. The molecular formula is C20H22N4O3. The van der Waals surface area contributed by atoms with E-state index in [9.17, 15) is 9.59 Å². The van der Waals surface area contributed by atoms with Crippen molar-refractivity contribution >= 4 is 22.8 Å². The summed E-state index contributed by atoms with van der Waals surface area (Å²) in [6, 6.07) is 10.7. The molecule has 1 aromatic heterocycles. The molecule has 7 heteroatoms. The fourth-order valence-electron chi connectivity index (χ4n) is 2.72. The summed E-state index contributed by atoms with van der Waals surface area (Å²) in [6.07, 6.45) is 1.95. The summed E-state index contributed by atoms with van der Waals surface area (Å²) in [5, 5.41) is 0. The Bertz CT molecular complexity index is 977. The second-order valence-electron chi connectivity index (χ2n) is 6.34. The zero-order valence-corrected chi connectivity index (χ0v) is 15.6. The van der Waals surface area contributed by atoms with E-state index in [1.54, 1.807) is 37.7 Å². The highest BCUT2D eigenvalue weighted by Crippen LogP contribution is 2.18. The van der Waals surface area contributed by atoms with Gasteiger partial charge in [-0.2, -0.15) is 0 Å². The first kappa shape index (κ1) is 18.4. The largest absolute Gasteiger partial charge is 0.497 e. The number of benzene rings is 2. The van der Waals surface area contributed by atoms with Crippen LogP contribution in [0.15, 0.2) is 42.7 Å². The maximum Gasteiger partial charge on any atom is 0.269 e. The van der Waals surface area contributed by atoms with Gasteiger partial charge in [0.15, 0.2) is 0 Å². The number of carbonyl (C=O) groups excluding carboxylic acids is 2. The molecule has 0 saturated carbocycles. The van der Waals surface area contributed by atoms with Crippen LogP contribution >= 0.6 is 0 Å². The van der Waals surface area contributed by atoms with E-state index in [2.05, 4.69) is 21.9 Å². The summed E-state index contributed by atoms with van der Waals surface area (Å²) in [5.41, 5.74) is 9.56. The summed E-state index contributed by atoms with van der Waals surface area (Å²) in [7, 11) is 1.56. The number of imidazole rings is 1. The first-order valence-electron chi connectivity index (χ1n) is 8.63. The zero-order chi connectivity index (χ0) is 19.4. The normalized spacial score (nSPS) is 10.6. The van der Waals surface area contributed by atoms with Crippen molar-refractivity contribution in [3.05, 3.63) is 59.4 Å². The Kier molecular flexibility index (Phi) is 5.40. The minimum Gasteiger partial charge on any atom is -0.497 e. The lowest BCUT2D eigenvalue weighted by Gasteiger charge is -2.09. The van der Waals surface area contributed by atoms with Gasteiger partial charge in [-0.3, -0.25) is 20.4 Å². The van der Waals surface area contributed by atoms with Gasteiger partial charge in [-0.25, -0.2) is 4.98 Å². The zero-order valence-electron chi connectivity index (χ0n) is 15.6. The molecule has 0 atom stereocenters. The minimum absolute atomic E-state index is 0.223. The lowest BCUT2D eigenvalue weighted by Crippen LogP contribution is -2.41. The highest BCUT2D eigenvalue weighted by molar-refractivity contribution is 5.95. The number of hydrazine groups is 1. The van der Waals surface area contributed by atoms with E-state index in [0.29, 0.717) is 17.9 Å². The number of amides is 2. The van der Waals surface area contributed by atoms with Crippen LogP contribution in [0.3, 0.4) is 0 Å². The summed E-state index contributed by atoms with van der Waals surface area (Å²) < 4.78 is 6.99. The van der Waals surface area contributed by atoms with Crippen LogP contribution in [-0.2, 0) is 11.3 Å². The Labute approximate surface area is 157 Å². The maximum absolute atomic E-state index is 12.1. The van der Waals surface area contributed by atoms with Crippen molar-refractivity contribution in [2.24, 2.45) is 0 Å². The van der Waals surface area contributed by atoms with Crippen molar-refractivity contribution in [1.82, 2.24) is 20.4 Å². The van der Waals surface area contributed by atoms with E-state index in [4.69, 9.17) is 4.74 Å². The second kappa shape index (κ2) is 7.90. The molecule has 0 aliphatic rings. The second-order valence-corrected chi connectivity index (χ2v) is 6.34. The number of hydrogen-bond donors (Lipinski definition) is 2. The SMILES string of the molecule is COc1ccc(C(=O)NNC(=O)CCn2cnc3cc(C)c(C)cc32)cc1. The smallest absolute Gasteiger partial charge is 0.269 e. The summed E-state index contributed by atoms with van der Waals surface area (Å²) in [6.45, 7) is 4.57. The van der Waals surface area contributed by atoms with Crippen LogP contribution in [0.5, 0.6) is 5.75 Å². The third-order valence-corrected chi connectivity index (χ3v) is 4.48. The van der Waals surface area contributed by atoms with Gasteiger partial charge in [0.25, 0.3) is 5.91 Å². The molecule has 0 aliphatic heterocycles. The molecule has 0 unspecified atom stereocenters. The first-order chi connectivity index (χ1) is 13.0. The molecule has 0 fully saturated rings. The molecule has 27 heavy (non-hydrogen) atoms. The van der Waals surface area contributed by atoms with Crippen molar-refractivity contribution in [3.8, 4) is 5.75 Å². The molecule has 140 valence electrons. The Morgan fingerprint density at radius 3 is 2.48 bits per heavy atom. The maximum atomic E-state index is 12.1. The first-order valence-corrected chi connectivity index (χ1v) is 8.63. The Balaban J connectivity index is 1.54. The molecule has 2 amide bonds. The monoisotopic (exact) mass is 366 g/mol. The standard InChI is InChI=1S/C20H22N4O3/c1-13-10-17-18(11-14(13)2)24(12-21-17)9-8-19(25)22-23-20(26)15-4-6-16(27-3)7-5-15/h4-7,10-12H,8-9H2,1-3H3,(H,22,25)(H,23,26). The number of carbonyl (C=O) groups is 2. The summed E-state index contributed by atoms with van der Waals surface area (Å²) in [5.74, 6) is 0.00121. The van der Waals surface area contributed by atoms with E-state index in [1.807, 2.05) is 24.5 Å². The van der Waals surface area contributed by atoms with Crippen LogP contribution in [-0.4, -0.2) is 28.5 Å². The Hall–Kier alpha value is -3.35. The van der Waals surface area contributed by atoms with Crippen molar-refractivity contribution in [2.45, 2.75) is 26.8 Å². The number of fused-ring (bicyclic) bond motifs is 1. The molecule has 0 saturated heterocycles. The van der Waals surface area contributed by atoms with Gasteiger partial charge in [0.1, 0.15) is 5.75 Å². The fourth-order valence-corrected chi connectivity index (χ4v) is 2.72. The Morgan fingerprint density at radius 1 is 1.07 bits per heavy atom. The fraction of sp³-hybridized carbons (Fsp3) is 0.250. The van der Waals surface area contributed by atoms with Crippen LogP contribution in [0.4, 0.5) is 0 Å². The number of nitrogens with one attached hydrogen (secondary N) is 2. The average Bonchev–Trinajstić information content (AvgIpc) is 3.06. The molecule has 0 aliphatic carbocycles. The molecular weight excluding hydrogens is 344 g/mol. The van der Waals surface area contributed by atoms with Crippen molar-refractivity contribution in [1.29, 1.82) is 0 Å². The third kappa shape index (κ3) is 4.25. The number of aromatic nitrogens is 2. The number of aryl methyl sites for hydroxylation is 3. The van der Waals surface area contributed by atoms with Crippen molar-refractivity contribution < 1.29 is 14.3 Å². The molecule has 0 radical (unpaired) electrons. The number of hydrogen-bond acceptors (Lipinski definition) is 4. The predicted octanol–water partition coefficient (Wildman–Crippen LogP) is 2.51. The van der Waals surface area contributed by atoms with E-state index in [-0.39, 0.29) is 18.2 Å². The lowest BCUT2D eigenvalue weighted by atomic mass is 10.1. The molecule has 0 bridgehead atoms. The quantitative estimate of drug-likeness (QED) is 0.680. The predicted molar refractivity (Wildman–Crippen MR) is 102 cm³/mol. The minimum atomic E-state index is -0.384. The van der Waals surface area contributed by atoms with E-state index >= 15 is 0 Å². The van der Waals surface area contributed by atoms with E-state index in [1.165, 1.54) is 11.1 Å². The molecule has 1 heterocycles. The number of rotatable bonds is 5. The van der Waals surface area contributed by atoms with Crippen LogP contribution in [0.25, 0.3) is 11.0 Å². The lowest BCUT2D eigenvalue weighted by molar-refractivity contribution is -0.122. The van der Waals surface area contributed by atoms with Gasteiger partial charge in [-0.05, 0) is 61.4 Å². The van der Waals surface area contributed by atoms with Gasteiger partial charge in [-0.15, -0.1) is 0 Å². The topological polar surface area (TPSA) is 85.3 Å². The average molecular weight is 366 g/mol. The summed E-state index contributed by atoms with van der Waals surface area (Å²) in [4.78, 5) is 28.5. The molecule has 0 spiro atoms. The highest BCUT2D eigenvalue weighted by Gasteiger charge is 2.09. The van der Waals surface area contributed by atoms with E-state index in [0.717, 1.165) is 11.0 Å². The molecule has 3 rings (SSSR count). The molecule has 2 N–H and O–H groups in total. The summed E-state index contributed by atoms with van der Waals surface area (Å²) >= 11 is 0. The molecule has 2 aromatic carbocycles.